The van der Waals surface area contributed by atoms with Gasteiger partial charge >= 0.3 is 0 Å². The standard InChI is InChI=1S/C15H20N2O2/c1-11(8-9-18)16-10-13-7-6-12-4-3-5-14(19-2)15(12)17-13/h3-7,11,16,18H,8-10H2,1-2H3. The first-order valence-electron chi connectivity index (χ1n) is 6.51. The molecule has 0 bridgehead atoms. The number of hydrogen-bond donors (Lipinski definition) is 2. The first-order chi connectivity index (χ1) is 9.24. The number of nitrogens with zero attached hydrogens (tertiary/aromatic N) is 1. The lowest BCUT2D eigenvalue weighted by Gasteiger charge is -2.12. The van der Waals surface area contributed by atoms with E-state index in [1.807, 2.05) is 24.3 Å². The van der Waals surface area contributed by atoms with Crippen LogP contribution >= 0.6 is 0 Å². The average Bonchev–Trinajstić information content (AvgIpc) is 2.44. The predicted octanol–water partition coefficient (Wildman–Crippen LogP) is 2.10. The van der Waals surface area contributed by atoms with Crippen LogP contribution in [0.25, 0.3) is 10.9 Å². The molecule has 0 radical (unpaired) electrons. The molecule has 0 saturated heterocycles. The SMILES string of the molecule is COc1cccc2ccc(CNC(C)CCO)nc12. The fourth-order valence-corrected chi connectivity index (χ4v) is 2.00. The number of para-hydroxylation sites is 1. The number of hydrogen-bond acceptors (Lipinski definition) is 4. The molecular formula is C15H20N2O2. The molecular weight excluding hydrogens is 240 g/mol. The number of nitrogens with one attached hydrogen (secondary N) is 1. The fraction of sp³-hybridized carbons (Fsp3) is 0.400. The zero-order valence-corrected chi connectivity index (χ0v) is 11.4. The van der Waals surface area contributed by atoms with Crippen LogP contribution in [-0.4, -0.2) is 29.8 Å². The molecule has 1 aromatic heterocycles. The molecule has 0 aliphatic heterocycles. The Labute approximate surface area is 113 Å². The third-order valence-corrected chi connectivity index (χ3v) is 3.15. The molecule has 1 atom stereocenters. The van der Waals surface area contributed by atoms with Gasteiger partial charge in [0.15, 0.2) is 0 Å². The molecule has 4 heteroatoms. The Kier molecular flexibility index (Phi) is 4.71. The first-order valence-corrected chi connectivity index (χ1v) is 6.51. The van der Waals surface area contributed by atoms with Crippen LogP contribution < -0.4 is 10.1 Å². The average molecular weight is 260 g/mol. The Bertz CT molecular complexity index is 543. The smallest absolute Gasteiger partial charge is 0.145 e. The molecule has 0 spiro atoms. The maximum atomic E-state index is 8.87. The van der Waals surface area contributed by atoms with Crippen LogP contribution in [-0.2, 0) is 6.54 Å². The summed E-state index contributed by atoms with van der Waals surface area (Å²) in [6, 6.07) is 10.3. The third-order valence-electron chi connectivity index (χ3n) is 3.15. The van der Waals surface area contributed by atoms with Gasteiger partial charge in [-0.05, 0) is 25.5 Å². The maximum absolute atomic E-state index is 8.87. The van der Waals surface area contributed by atoms with Gasteiger partial charge in [0.2, 0.25) is 0 Å². The van der Waals surface area contributed by atoms with Crippen molar-refractivity contribution in [3.8, 4) is 5.75 Å². The van der Waals surface area contributed by atoms with Gasteiger partial charge in [-0.2, -0.15) is 0 Å². The quantitative estimate of drug-likeness (QED) is 0.835. The van der Waals surface area contributed by atoms with Crippen LogP contribution in [0.1, 0.15) is 19.0 Å². The highest BCUT2D eigenvalue weighted by Crippen LogP contribution is 2.23. The number of pyridine rings is 1. The minimum absolute atomic E-state index is 0.202. The van der Waals surface area contributed by atoms with Crippen molar-refractivity contribution in [2.45, 2.75) is 25.9 Å². The van der Waals surface area contributed by atoms with Crippen molar-refractivity contribution in [2.24, 2.45) is 0 Å². The monoisotopic (exact) mass is 260 g/mol. The van der Waals surface area contributed by atoms with Crippen molar-refractivity contribution >= 4 is 10.9 Å². The van der Waals surface area contributed by atoms with Crippen LogP contribution in [0.2, 0.25) is 0 Å². The summed E-state index contributed by atoms with van der Waals surface area (Å²) in [4.78, 5) is 4.63. The number of aromatic nitrogens is 1. The first kappa shape index (κ1) is 13.8. The highest BCUT2D eigenvalue weighted by Gasteiger charge is 2.05. The van der Waals surface area contributed by atoms with Crippen LogP contribution in [0, 0.1) is 0 Å². The van der Waals surface area contributed by atoms with E-state index in [1.54, 1.807) is 7.11 Å². The number of aliphatic hydroxyl groups excluding tert-OH is 1. The summed E-state index contributed by atoms with van der Waals surface area (Å²) in [5.41, 5.74) is 1.86. The van der Waals surface area contributed by atoms with E-state index in [-0.39, 0.29) is 12.6 Å². The summed E-state index contributed by atoms with van der Waals surface area (Å²) in [6.07, 6.45) is 0.747. The lowest BCUT2D eigenvalue weighted by molar-refractivity contribution is 0.268. The van der Waals surface area contributed by atoms with E-state index < -0.39 is 0 Å². The molecule has 1 unspecified atom stereocenters. The normalized spacial score (nSPS) is 12.6. The summed E-state index contributed by atoms with van der Waals surface area (Å²) < 4.78 is 5.33. The molecule has 0 saturated carbocycles. The Morgan fingerprint density at radius 3 is 2.89 bits per heavy atom. The van der Waals surface area contributed by atoms with Crippen molar-refractivity contribution in [3.05, 3.63) is 36.0 Å². The zero-order chi connectivity index (χ0) is 13.7. The van der Waals surface area contributed by atoms with Crippen LogP contribution in [0.4, 0.5) is 0 Å². The topological polar surface area (TPSA) is 54.4 Å². The third kappa shape index (κ3) is 3.43. The molecule has 0 amide bonds. The minimum Gasteiger partial charge on any atom is -0.494 e. The van der Waals surface area contributed by atoms with E-state index in [2.05, 4.69) is 23.3 Å². The largest absolute Gasteiger partial charge is 0.494 e. The maximum Gasteiger partial charge on any atom is 0.145 e. The molecule has 4 nitrogen and oxygen atoms in total. The number of methoxy groups -OCH3 is 1. The van der Waals surface area contributed by atoms with Crippen LogP contribution in [0.3, 0.4) is 0 Å². The Morgan fingerprint density at radius 1 is 1.32 bits per heavy atom. The van der Waals surface area contributed by atoms with Gasteiger partial charge in [0.05, 0.1) is 12.8 Å². The molecule has 1 aromatic carbocycles. The van der Waals surface area contributed by atoms with Crippen molar-refractivity contribution < 1.29 is 9.84 Å². The second-order valence-electron chi connectivity index (χ2n) is 4.63. The molecule has 0 fully saturated rings. The van der Waals surface area contributed by atoms with Gasteiger partial charge in [-0.15, -0.1) is 0 Å². The summed E-state index contributed by atoms with van der Waals surface area (Å²) in [5.74, 6) is 0.794. The molecule has 19 heavy (non-hydrogen) atoms. The minimum atomic E-state index is 0.202. The van der Waals surface area contributed by atoms with Gasteiger partial charge in [-0.1, -0.05) is 18.2 Å². The van der Waals surface area contributed by atoms with Crippen LogP contribution in [0.15, 0.2) is 30.3 Å². The van der Waals surface area contributed by atoms with Crippen molar-refractivity contribution in [1.82, 2.24) is 10.3 Å². The van der Waals surface area contributed by atoms with Crippen molar-refractivity contribution in [3.63, 3.8) is 0 Å². The highest BCUT2D eigenvalue weighted by atomic mass is 16.5. The Morgan fingerprint density at radius 2 is 2.16 bits per heavy atom. The summed E-state index contributed by atoms with van der Waals surface area (Å²) in [6.45, 7) is 2.94. The number of fused-ring (bicyclic) bond motifs is 1. The van der Waals surface area contributed by atoms with Crippen LogP contribution in [0.5, 0.6) is 5.75 Å². The van der Waals surface area contributed by atoms with E-state index in [0.29, 0.717) is 6.54 Å². The van der Waals surface area contributed by atoms with E-state index in [0.717, 1.165) is 28.8 Å². The molecule has 102 valence electrons. The van der Waals surface area contributed by atoms with Gasteiger partial charge in [-0.25, -0.2) is 4.98 Å². The number of aliphatic hydroxyl groups is 1. The molecule has 2 aromatic rings. The van der Waals surface area contributed by atoms with E-state index >= 15 is 0 Å². The second-order valence-corrected chi connectivity index (χ2v) is 4.63. The van der Waals surface area contributed by atoms with E-state index in [9.17, 15) is 0 Å². The van der Waals surface area contributed by atoms with E-state index in [1.165, 1.54) is 0 Å². The van der Waals surface area contributed by atoms with Gasteiger partial charge in [0, 0.05) is 24.6 Å². The zero-order valence-electron chi connectivity index (χ0n) is 11.4. The summed E-state index contributed by atoms with van der Waals surface area (Å²) in [5, 5.41) is 13.3. The van der Waals surface area contributed by atoms with Gasteiger partial charge in [-0.3, -0.25) is 0 Å². The highest BCUT2D eigenvalue weighted by molar-refractivity contribution is 5.84. The summed E-state index contributed by atoms with van der Waals surface area (Å²) in [7, 11) is 1.66. The lowest BCUT2D eigenvalue weighted by Crippen LogP contribution is -2.26. The molecule has 0 aliphatic rings. The van der Waals surface area contributed by atoms with Gasteiger partial charge < -0.3 is 15.2 Å². The number of rotatable bonds is 6. The number of benzene rings is 1. The Hall–Kier alpha value is -1.65. The van der Waals surface area contributed by atoms with E-state index in [4.69, 9.17) is 9.84 Å². The predicted molar refractivity (Wildman–Crippen MR) is 76.3 cm³/mol. The van der Waals surface area contributed by atoms with Gasteiger partial charge in [0.25, 0.3) is 0 Å². The molecule has 2 N–H and O–H groups in total. The second kappa shape index (κ2) is 6.50. The molecule has 1 heterocycles. The number of ether oxygens (including phenoxy) is 1. The van der Waals surface area contributed by atoms with Crippen molar-refractivity contribution in [1.29, 1.82) is 0 Å². The molecule has 2 rings (SSSR count). The Balaban J connectivity index is 2.16. The van der Waals surface area contributed by atoms with Gasteiger partial charge in [0.1, 0.15) is 11.3 Å². The fourth-order valence-electron chi connectivity index (χ4n) is 2.00. The lowest BCUT2D eigenvalue weighted by atomic mass is 10.2. The summed E-state index contributed by atoms with van der Waals surface area (Å²) >= 11 is 0. The van der Waals surface area contributed by atoms with Crippen molar-refractivity contribution in [2.75, 3.05) is 13.7 Å². The molecule has 0 aliphatic carbocycles.